The maximum atomic E-state index is 15.5. The molecule has 0 aromatic heterocycles. The molecule has 0 bridgehead atoms. The molecule has 9 heteroatoms. The summed E-state index contributed by atoms with van der Waals surface area (Å²) in [4.78, 5) is 45.4. The van der Waals surface area contributed by atoms with Crippen LogP contribution in [0.2, 0.25) is 18.1 Å². The molecule has 0 heterocycles. The van der Waals surface area contributed by atoms with Gasteiger partial charge < -0.3 is 13.9 Å². The lowest BCUT2D eigenvalue weighted by molar-refractivity contribution is -0.159. The van der Waals surface area contributed by atoms with Crippen molar-refractivity contribution in [2.75, 3.05) is 6.61 Å². The highest BCUT2D eigenvalue weighted by Gasteiger charge is 2.50. The maximum absolute atomic E-state index is 15.5. The first kappa shape index (κ1) is 53.3. The number of hydrogen-bond acceptors (Lipinski definition) is 8. The topological polar surface area (TPSA) is 103 Å². The lowest BCUT2D eigenvalue weighted by Gasteiger charge is -2.39. The molecule has 6 aromatic carbocycles. The summed E-state index contributed by atoms with van der Waals surface area (Å²) in [7, 11) is -2.12. The minimum atomic E-state index is -2.12. The minimum absolute atomic E-state index is 0.00864. The molecule has 8 rings (SSSR count). The smallest absolute Gasteiger partial charge is 0.323 e. The zero-order chi connectivity index (χ0) is 52.4. The van der Waals surface area contributed by atoms with Gasteiger partial charge in [0.15, 0.2) is 8.32 Å². The largest absolute Gasteiger partial charge is 0.459 e. The van der Waals surface area contributed by atoms with E-state index in [0.29, 0.717) is 19.4 Å². The molecule has 0 amide bonds. The monoisotopic (exact) mass is 997 g/mol. The molecule has 0 saturated heterocycles. The molecule has 0 aliphatic heterocycles. The van der Waals surface area contributed by atoms with Crippen molar-refractivity contribution >= 4 is 26.0 Å². The predicted molar refractivity (Wildman–Crippen MR) is 297 cm³/mol. The van der Waals surface area contributed by atoms with Crippen molar-refractivity contribution in [2.45, 2.75) is 147 Å². The van der Waals surface area contributed by atoms with Crippen molar-refractivity contribution < 1.29 is 28.3 Å². The van der Waals surface area contributed by atoms with Crippen LogP contribution in [0.5, 0.6) is 0 Å². The average molecular weight is 997 g/mol. The zero-order valence-corrected chi connectivity index (χ0v) is 45.9. The van der Waals surface area contributed by atoms with Gasteiger partial charge in [-0.1, -0.05) is 178 Å². The molecular weight excluding hydrogens is 921 g/mol. The number of Topliss-reactive ketones (excluding diaryl/α,β-unsaturated/α-hetero) is 1. The summed E-state index contributed by atoms with van der Waals surface area (Å²) in [6.07, 6.45) is 1.45. The molecule has 0 radical (unpaired) electrons. The van der Waals surface area contributed by atoms with Gasteiger partial charge in [-0.25, -0.2) is 0 Å². The van der Waals surface area contributed by atoms with E-state index < -0.39 is 60.5 Å². The number of fused-ring (bicyclic) bond motifs is 6. The third-order valence-electron chi connectivity index (χ3n) is 15.1. The number of rotatable bonds is 19. The highest BCUT2D eigenvalue weighted by molar-refractivity contribution is 6.74. The second kappa shape index (κ2) is 21.1. The molecule has 382 valence electrons. The van der Waals surface area contributed by atoms with Crippen LogP contribution in [0.25, 0.3) is 22.3 Å². The van der Waals surface area contributed by atoms with E-state index in [0.717, 1.165) is 55.6 Å². The fraction of sp³-hybridized carbons (Fsp3) is 0.391. The molecule has 73 heavy (non-hydrogen) atoms. The Morgan fingerprint density at radius 2 is 0.849 bits per heavy atom. The van der Waals surface area contributed by atoms with Crippen LogP contribution in [0.3, 0.4) is 0 Å². The van der Waals surface area contributed by atoms with E-state index in [1.807, 2.05) is 126 Å². The van der Waals surface area contributed by atoms with Crippen LogP contribution in [0.1, 0.15) is 128 Å². The fourth-order valence-electron chi connectivity index (χ4n) is 10.7. The third-order valence-corrected chi connectivity index (χ3v) is 19.6. The number of ether oxygens (including phenoxy) is 2. The third kappa shape index (κ3) is 11.1. The van der Waals surface area contributed by atoms with Gasteiger partial charge in [0, 0.05) is 18.9 Å². The van der Waals surface area contributed by atoms with E-state index in [1.54, 1.807) is 0 Å². The molecule has 0 fully saturated rings. The van der Waals surface area contributed by atoms with Gasteiger partial charge in [0.2, 0.25) is 0 Å². The molecule has 0 unspecified atom stereocenters. The van der Waals surface area contributed by atoms with Crippen molar-refractivity contribution in [1.82, 2.24) is 10.6 Å². The zero-order valence-electron chi connectivity index (χ0n) is 44.9. The van der Waals surface area contributed by atoms with Crippen LogP contribution in [-0.2, 0) is 39.4 Å². The Labute approximate surface area is 435 Å². The van der Waals surface area contributed by atoms with Gasteiger partial charge in [0.25, 0.3) is 0 Å². The molecule has 0 spiro atoms. The number of carbonyl (C=O) groups excluding carboxylic acids is 3. The number of ketones is 1. The van der Waals surface area contributed by atoms with Gasteiger partial charge in [-0.05, 0) is 141 Å². The second-order valence-electron chi connectivity index (χ2n) is 23.6. The Bertz CT molecular complexity index is 2820. The minimum Gasteiger partial charge on any atom is -0.459 e. The standard InChI is InChI=1S/C64H76N2O6Si/c1-60(2,3)71-58(68)55(65-63(45-28-14-12-15-29-45)51-36-22-18-32-47(51)48-33-19-23-37-52(48)63)40-41-57(67)44(27-26-42-70-73(10,11)62(7,8)9)43-56(59(69)72-61(4,5)6)66-64(46-30-16-13-17-31-46)53-38-24-20-34-49(53)50-35-21-25-39-54(50)64/h12-25,28-39,44,55-56,65-66H,26-27,40-43H2,1-11H3/t44-,55+,56+/m1/s1. The van der Waals surface area contributed by atoms with E-state index in [1.165, 1.54) is 0 Å². The highest BCUT2D eigenvalue weighted by Crippen LogP contribution is 2.53. The quantitative estimate of drug-likeness (QED) is 0.0470. The van der Waals surface area contributed by atoms with Gasteiger partial charge >= 0.3 is 11.9 Å². The summed E-state index contributed by atoms with van der Waals surface area (Å²) >= 11 is 0. The van der Waals surface area contributed by atoms with Crippen LogP contribution in [0.15, 0.2) is 158 Å². The van der Waals surface area contributed by atoms with Gasteiger partial charge in [0.05, 0.1) is 11.1 Å². The van der Waals surface area contributed by atoms with Gasteiger partial charge in [-0.3, -0.25) is 25.0 Å². The Morgan fingerprint density at radius 3 is 1.23 bits per heavy atom. The van der Waals surface area contributed by atoms with Crippen LogP contribution in [0.4, 0.5) is 0 Å². The van der Waals surface area contributed by atoms with Crippen LogP contribution < -0.4 is 10.6 Å². The maximum Gasteiger partial charge on any atom is 0.323 e. The van der Waals surface area contributed by atoms with Crippen LogP contribution in [0, 0.1) is 5.92 Å². The molecule has 2 N–H and O–H groups in total. The Kier molecular flexibility index (Phi) is 15.4. The molecular formula is C64H76N2O6Si. The first-order chi connectivity index (χ1) is 34.6. The number of carbonyl (C=O) groups is 3. The Hall–Kier alpha value is -5.97. The van der Waals surface area contributed by atoms with Gasteiger partial charge in [-0.15, -0.1) is 0 Å². The lowest BCUT2D eigenvalue weighted by Crippen LogP contribution is -2.54. The molecule has 6 aromatic rings. The van der Waals surface area contributed by atoms with E-state index in [-0.39, 0.29) is 30.1 Å². The summed E-state index contributed by atoms with van der Waals surface area (Å²) in [5.41, 5.74) is 6.85. The molecule has 0 saturated carbocycles. The van der Waals surface area contributed by atoms with Crippen molar-refractivity contribution in [3.05, 3.63) is 191 Å². The summed E-state index contributed by atoms with van der Waals surface area (Å²) in [6.45, 7) is 22.9. The number of benzene rings is 6. The van der Waals surface area contributed by atoms with Gasteiger partial charge in [0.1, 0.15) is 29.1 Å². The summed E-state index contributed by atoms with van der Waals surface area (Å²) < 4.78 is 19.3. The fourth-order valence-corrected chi connectivity index (χ4v) is 11.8. The first-order valence-electron chi connectivity index (χ1n) is 26.2. The molecule has 2 aliphatic rings. The first-order valence-corrected chi connectivity index (χ1v) is 29.1. The number of nitrogens with one attached hydrogen (secondary N) is 2. The van der Waals surface area contributed by atoms with Crippen molar-refractivity contribution in [1.29, 1.82) is 0 Å². The molecule has 8 nitrogen and oxygen atoms in total. The summed E-state index contributed by atoms with van der Waals surface area (Å²) in [5, 5.41) is 7.87. The Morgan fingerprint density at radius 1 is 0.493 bits per heavy atom. The van der Waals surface area contributed by atoms with Crippen LogP contribution in [-0.4, -0.2) is 55.9 Å². The predicted octanol–water partition coefficient (Wildman–Crippen LogP) is 13.7. The average Bonchev–Trinajstić information content (AvgIpc) is 3.80. The summed E-state index contributed by atoms with van der Waals surface area (Å²) in [5.74, 6) is -1.52. The van der Waals surface area contributed by atoms with E-state index >= 15 is 9.59 Å². The summed E-state index contributed by atoms with van der Waals surface area (Å²) in [6, 6.07) is 52.1. The highest BCUT2D eigenvalue weighted by atomic mass is 28.4. The molecule has 3 atom stereocenters. The van der Waals surface area contributed by atoms with Crippen molar-refractivity contribution in [3.8, 4) is 22.3 Å². The Balaban J connectivity index is 1.19. The van der Waals surface area contributed by atoms with Crippen LogP contribution >= 0.6 is 0 Å². The lowest BCUT2D eigenvalue weighted by atomic mass is 9.78. The number of esters is 2. The van der Waals surface area contributed by atoms with E-state index in [9.17, 15) is 4.79 Å². The van der Waals surface area contributed by atoms with Crippen molar-refractivity contribution in [3.63, 3.8) is 0 Å². The normalized spacial score (nSPS) is 15.8. The SMILES string of the molecule is CC(C)(C)OC(=O)[C@H](CCC(=O)[C@H](CCCO[Si](C)(C)C(C)(C)C)C[C@H](NC1(c2ccccc2)c2ccccc2-c2ccccc21)C(=O)OC(C)(C)C)NC1(c2ccccc2)c2ccccc2-c2ccccc21. The second-order valence-corrected chi connectivity index (χ2v) is 28.4. The van der Waals surface area contributed by atoms with Crippen molar-refractivity contribution in [2.24, 2.45) is 5.92 Å². The van der Waals surface area contributed by atoms with Gasteiger partial charge in [-0.2, -0.15) is 0 Å². The van der Waals surface area contributed by atoms with E-state index in [4.69, 9.17) is 13.9 Å². The number of hydrogen-bond donors (Lipinski definition) is 2. The van der Waals surface area contributed by atoms with E-state index in [2.05, 4.69) is 117 Å². The molecule has 2 aliphatic carbocycles.